The minimum atomic E-state index is -0.847. The number of ether oxygens (including phenoxy) is 1. The van der Waals surface area contributed by atoms with Gasteiger partial charge in [-0.3, -0.25) is 9.69 Å². The van der Waals surface area contributed by atoms with Crippen LogP contribution in [-0.4, -0.2) is 48.8 Å². The van der Waals surface area contributed by atoms with Crippen LogP contribution in [0.5, 0.6) is 0 Å². The number of amides is 1. The summed E-state index contributed by atoms with van der Waals surface area (Å²) < 4.78 is 10.5. The van der Waals surface area contributed by atoms with Crippen molar-refractivity contribution < 1.29 is 19.1 Å². The summed E-state index contributed by atoms with van der Waals surface area (Å²) in [5.41, 5.74) is 1.68. The molecular formula is C18H22N2O4. The zero-order chi connectivity index (χ0) is 16.8. The minimum absolute atomic E-state index is 0.111. The van der Waals surface area contributed by atoms with Crippen molar-refractivity contribution in [2.45, 2.75) is 12.6 Å². The van der Waals surface area contributed by atoms with E-state index in [-0.39, 0.29) is 12.5 Å². The summed E-state index contributed by atoms with van der Waals surface area (Å²) in [4.78, 5) is 14.6. The third-order valence-electron chi connectivity index (χ3n) is 4.03. The Labute approximate surface area is 141 Å². The second-order valence-corrected chi connectivity index (χ2v) is 5.83. The molecule has 2 N–H and O–H groups in total. The summed E-state index contributed by atoms with van der Waals surface area (Å²) in [7, 11) is 0. The Hall–Kier alpha value is -2.15. The molecule has 2 heterocycles. The molecule has 24 heavy (non-hydrogen) atoms. The van der Waals surface area contributed by atoms with E-state index in [9.17, 15) is 9.90 Å². The predicted octanol–water partition coefficient (Wildman–Crippen LogP) is 1.58. The number of morpholine rings is 1. The molecule has 0 bridgehead atoms. The number of carbonyl (C=O) groups excluding carboxylic acids is 1. The van der Waals surface area contributed by atoms with E-state index in [1.165, 1.54) is 6.26 Å². The number of nitrogens with one attached hydrogen (secondary N) is 1. The molecule has 1 amide bonds. The second kappa shape index (κ2) is 8.10. The molecule has 1 aliphatic heterocycles. The van der Waals surface area contributed by atoms with Gasteiger partial charge in [0.25, 0.3) is 5.91 Å². The highest BCUT2D eigenvalue weighted by atomic mass is 16.5. The predicted molar refractivity (Wildman–Crippen MR) is 88.5 cm³/mol. The molecule has 0 spiro atoms. The number of rotatable bonds is 6. The minimum Gasteiger partial charge on any atom is -0.467 e. The van der Waals surface area contributed by atoms with Crippen molar-refractivity contribution in [2.24, 2.45) is 0 Å². The van der Waals surface area contributed by atoms with Crippen molar-refractivity contribution >= 4 is 5.91 Å². The van der Waals surface area contributed by atoms with Crippen molar-refractivity contribution in [1.82, 2.24) is 10.2 Å². The smallest absolute Gasteiger partial charge is 0.251 e. The first-order valence-corrected chi connectivity index (χ1v) is 8.11. The maximum Gasteiger partial charge on any atom is 0.251 e. The summed E-state index contributed by atoms with van der Waals surface area (Å²) >= 11 is 0. The number of aliphatic hydroxyl groups excluding tert-OH is 1. The van der Waals surface area contributed by atoms with E-state index in [0.717, 1.165) is 38.4 Å². The Morgan fingerprint density at radius 3 is 2.83 bits per heavy atom. The molecule has 1 fully saturated rings. The van der Waals surface area contributed by atoms with Crippen LogP contribution in [0.1, 0.15) is 27.8 Å². The van der Waals surface area contributed by atoms with Crippen LogP contribution >= 0.6 is 0 Å². The molecule has 1 unspecified atom stereocenters. The highest BCUT2D eigenvalue weighted by molar-refractivity contribution is 5.94. The fourth-order valence-electron chi connectivity index (χ4n) is 2.70. The van der Waals surface area contributed by atoms with Gasteiger partial charge in [0.2, 0.25) is 0 Å². The van der Waals surface area contributed by atoms with Crippen molar-refractivity contribution in [2.75, 3.05) is 32.8 Å². The third kappa shape index (κ3) is 4.44. The van der Waals surface area contributed by atoms with Gasteiger partial charge in [-0.25, -0.2) is 0 Å². The third-order valence-corrected chi connectivity index (χ3v) is 4.03. The summed E-state index contributed by atoms with van der Waals surface area (Å²) in [5.74, 6) is 0.237. The van der Waals surface area contributed by atoms with E-state index in [1.54, 1.807) is 18.2 Å². The Balaban J connectivity index is 1.55. The van der Waals surface area contributed by atoms with Crippen LogP contribution in [0.25, 0.3) is 0 Å². The fraction of sp³-hybridized carbons (Fsp3) is 0.389. The van der Waals surface area contributed by atoms with Gasteiger partial charge < -0.3 is 19.6 Å². The highest BCUT2D eigenvalue weighted by Crippen LogP contribution is 2.13. The number of carbonyl (C=O) groups is 1. The lowest BCUT2D eigenvalue weighted by atomic mass is 10.1. The van der Waals surface area contributed by atoms with Gasteiger partial charge in [0, 0.05) is 25.2 Å². The molecular weight excluding hydrogens is 308 g/mol. The summed E-state index contributed by atoms with van der Waals surface area (Å²) in [5, 5.41) is 12.7. The van der Waals surface area contributed by atoms with Gasteiger partial charge in [-0.15, -0.1) is 0 Å². The van der Waals surface area contributed by atoms with E-state index in [2.05, 4.69) is 10.2 Å². The van der Waals surface area contributed by atoms with E-state index in [1.807, 2.05) is 18.2 Å². The lowest BCUT2D eigenvalue weighted by Gasteiger charge is -2.26. The Kier molecular flexibility index (Phi) is 5.63. The van der Waals surface area contributed by atoms with Crippen LogP contribution in [0.4, 0.5) is 0 Å². The maximum atomic E-state index is 12.3. The van der Waals surface area contributed by atoms with E-state index in [0.29, 0.717) is 11.3 Å². The molecule has 0 aliphatic carbocycles. The Morgan fingerprint density at radius 2 is 2.08 bits per heavy atom. The first kappa shape index (κ1) is 16.7. The van der Waals surface area contributed by atoms with Gasteiger partial charge in [0.1, 0.15) is 11.9 Å². The quantitative estimate of drug-likeness (QED) is 0.841. The average molecular weight is 330 g/mol. The lowest BCUT2D eigenvalue weighted by molar-refractivity contribution is 0.0342. The number of hydrogen-bond acceptors (Lipinski definition) is 5. The topological polar surface area (TPSA) is 74.9 Å². The molecule has 1 aromatic carbocycles. The normalized spacial score (nSPS) is 16.7. The number of benzene rings is 1. The molecule has 1 aromatic heterocycles. The van der Waals surface area contributed by atoms with E-state index >= 15 is 0 Å². The molecule has 0 radical (unpaired) electrons. The molecule has 1 saturated heterocycles. The molecule has 6 nitrogen and oxygen atoms in total. The van der Waals surface area contributed by atoms with Crippen molar-refractivity contribution in [1.29, 1.82) is 0 Å². The monoisotopic (exact) mass is 330 g/mol. The highest BCUT2D eigenvalue weighted by Gasteiger charge is 2.14. The van der Waals surface area contributed by atoms with E-state index in [4.69, 9.17) is 9.15 Å². The summed E-state index contributed by atoms with van der Waals surface area (Å²) in [6, 6.07) is 11.0. The van der Waals surface area contributed by atoms with Crippen LogP contribution in [0.3, 0.4) is 0 Å². The zero-order valence-electron chi connectivity index (χ0n) is 13.5. The zero-order valence-corrected chi connectivity index (χ0v) is 13.5. The van der Waals surface area contributed by atoms with Crippen LogP contribution in [0, 0.1) is 0 Å². The van der Waals surface area contributed by atoms with Gasteiger partial charge >= 0.3 is 0 Å². The van der Waals surface area contributed by atoms with Gasteiger partial charge in [-0.1, -0.05) is 12.1 Å². The Morgan fingerprint density at radius 1 is 1.25 bits per heavy atom. The van der Waals surface area contributed by atoms with Crippen LogP contribution in [0.15, 0.2) is 47.1 Å². The van der Waals surface area contributed by atoms with Gasteiger partial charge in [0.15, 0.2) is 0 Å². The van der Waals surface area contributed by atoms with Crippen molar-refractivity contribution in [3.05, 3.63) is 59.5 Å². The Bertz CT molecular complexity index is 651. The number of hydrogen-bond donors (Lipinski definition) is 2. The largest absolute Gasteiger partial charge is 0.467 e. The maximum absolute atomic E-state index is 12.3. The first-order chi connectivity index (χ1) is 11.7. The van der Waals surface area contributed by atoms with Crippen LogP contribution < -0.4 is 5.32 Å². The molecule has 0 saturated carbocycles. The first-order valence-electron chi connectivity index (χ1n) is 8.11. The van der Waals surface area contributed by atoms with Gasteiger partial charge in [-0.2, -0.15) is 0 Å². The molecule has 1 atom stereocenters. The fourth-order valence-corrected chi connectivity index (χ4v) is 2.70. The molecule has 3 rings (SSSR count). The van der Waals surface area contributed by atoms with Gasteiger partial charge in [-0.05, 0) is 29.8 Å². The SMILES string of the molecule is O=C(NCC(O)c1ccco1)c1cccc(CN2CCOCC2)c1. The number of aliphatic hydroxyl groups is 1. The lowest BCUT2D eigenvalue weighted by Crippen LogP contribution is -2.35. The molecule has 1 aliphatic rings. The summed E-state index contributed by atoms with van der Waals surface area (Å²) in [6.07, 6.45) is 0.649. The van der Waals surface area contributed by atoms with Crippen molar-refractivity contribution in [3.8, 4) is 0 Å². The van der Waals surface area contributed by atoms with Gasteiger partial charge in [0.05, 0.1) is 26.0 Å². The van der Waals surface area contributed by atoms with Crippen LogP contribution in [0.2, 0.25) is 0 Å². The molecule has 128 valence electrons. The molecule has 2 aromatic rings. The van der Waals surface area contributed by atoms with E-state index < -0.39 is 6.10 Å². The second-order valence-electron chi connectivity index (χ2n) is 5.83. The number of nitrogens with zero attached hydrogens (tertiary/aromatic N) is 1. The van der Waals surface area contributed by atoms with Crippen LogP contribution in [-0.2, 0) is 11.3 Å². The standard InChI is InChI=1S/C18H22N2O4/c21-16(17-5-2-8-24-17)12-19-18(22)15-4-1-3-14(11-15)13-20-6-9-23-10-7-20/h1-5,8,11,16,21H,6-7,9-10,12-13H2,(H,19,22). The number of furan rings is 1. The molecule has 6 heteroatoms. The summed E-state index contributed by atoms with van der Waals surface area (Å²) in [6.45, 7) is 4.24. The van der Waals surface area contributed by atoms with Crippen molar-refractivity contribution in [3.63, 3.8) is 0 Å². The average Bonchev–Trinajstić information content (AvgIpc) is 3.15.